The summed E-state index contributed by atoms with van der Waals surface area (Å²) < 4.78 is 0. The SMILES string of the molecule is Cc1c(Cl)cccc1NC(=O)CCC(=O)NNC(=O)c1cc([N+](=O)[O-])cc([N+](=O)[O-])c1. The first-order valence-electron chi connectivity index (χ1n) is 8.66. The van der Waals surface area contributed by atoms with Crippen LogP contribution < -0.4 is 16.2 Å². The summed E-state index contributed by atoms with van der Waals surface area (Å²) in [5, 5.41) is 24.8. The molecule has 2 rings (SSSR count). The maximum Gasteiger partial charge on any atom is 0.277 e. The van der Waals surface area contributed by atoms with Gasteiger partial charge in [0, 0.05) is 35.7 Å². The van der Waals surface area contributed by atoms with Crippen LogP contribution in [0.1, 0.15) is 28.8 Å². The van der Waals surface area contributed by atoms with Crippen LogP contribution in [0.25, 0.3) is 0 Å². The standard InChI is InChI=1S/C18H16ClN5O7/c1-10-14(19)3-2-4-15(10)20-16(25)5-6-17(26)21-22-18(27)11-7-12(23(28)29)9-13(8-11)24(30)31/h2-4,7-9H,5-6H2,1H3,(H,20,25)(H,21,26)(H,22,27). The zero-order valence-electron chi connectivity index (χ0n) is 16.0. The molecule has 2 aromatic carbocycles. The first-order chi connectivity index (χ1) is 14.6. The Hall–Kier alpha value is -4.06. The number of hydrogen-bond acceptors (Lipinski definition) is 7. The topological polar surface area (TPSA) is 174 Å². The average Bonchev–Trinajstić information content (AvgIpc) is 2.73. The number of carbonyl (C=O) groups is 3. The van der Waals surface area contributed by atoms with Crippen LogP contribution in [0, 0.1) is 27.2 Å². The van der Waals surface area contributed by atoms with Gasteiger partial charge in [-0.25, -0.2) is 0 Å². The van der Waals surface area contributed by atoms with E-state index in [-0.39, 0.29) is 12.8 Å². The van der Waals surface area contributed by atoms with Crippen molar-refractivity contribution in [1.29, 1.82) is 0 Å². The van der Waals surface area contributed by atoms with E-state index in [0.717, 1.165) is 12.1 Å². The summed E-state index contributed by atoms with van der Waals surface area (Å²) in [5.41, 5.74) is 3.49. The summed E-state index contributed by atoms with van der Waals surface area (Å²) >= 11 is 5.97. The van der Waals surface area contributed by atoms with Crippen LogP contribution in [0.15, 0.2) is 36.4 Å². The quantitative estimate of drug-likeness (QED) is 0.430. The van der Waals surface area contributed by atoms with Gasteiger partial charge in [-0.15, -0.1) is 0 Å². The number of nitro benzene ring substituents is 2. The molecule has 0 radical (unpaired) electrons. The number of benzene rings is 2. The Bertz CT molecular complexity index is 1040. The van der Waals surface area contributed by atoms with Crippen LogP contribution in [0.4, 0.5) is 17.1 Å². The van der Waals surface area contributed by atoms with Crippen LogP contribution >= 0.6 is 11.6 Å². The van der Waals surface area contributed by atoms with Crippen LogP contribution in [0.3, 0.4) is 0 Å². The summed E-state index contributed by atoms with van der Waals surface area (Å²) in [6, 6.07) is 7.34. The number of amides is 3. The number of nitrogens with zero attached hydrogens (tertiary/aromatic N) is 2. The molecule has 0 aliphatic carbocycles. The Morgan fingerprint density at radius 3 is 2.10 bits per heavy atom. The summed E-state index contributed by atoms with van der Waals surface area (Å²) in [7, 11) is 0. The molecular formula is C18H16ClN5O7. The molecule has 0 spiro atoms. The molecule has 31 heavy (non-hydrogen) atoms. The van der Waals surface area contributed by atoms with Gasteiger partial charge >= 0.3 is 0 Å². The highest BCUT2D eigenvalue weighted by molar-refractivity contribution is 6.31. The molecule has 0 heterocycles. The minimum Gasteiger partial charge on any atom is -0.326 e. The maximum absolute atomic E-state index is 12.1. The fraction of sp³-hybridized carbons (Fsp3) is 0.167. The van der Waals surface area contributed by atoms with E-state index in [1.54, 1.807) is 25.1 Å². The average molecular weight is 450 g/mol. The van der Waals surface area contributed by atoms with Gasteiger partial charge in [-0.1, -0.05) is 17.7 Å². The van der Waals surface area contributed by atoms with Gasteiger partial charge in [0.2, 0.25) is 11.8 Å². The number of hydrazine groups is 1. The van der Waals surface area contributed by atoms with Crippen LogP contribution in [0.2, 0.25) is 5.02 Å². The number of carbonyl (C=O) groups excluding carboxylic acids is 3. The van der Waals surface area contributed by atoms with Crippen molar-refractivity contribution in [2.24, 2.45) is 0 Å². The fourth-order valence-electron chi connectivity index (χ4n) is 2.38. The van der Waals surface area contributed by atoms with E-state index in [1.165, 1.54) is 0 Å². The molecule has 0 saturated carbocycles. The Labute approximate surface area is 179 Å². The highest BCUT2D eigenvalue weighted by atomic mass is 35.5. The van der Waals surface area contributed by atoms with Crippen molar-refractivity contribution in [2.75, 3.05) is 5.32 Å². The van der Waals surface area contributed by atoms with E-state index in [4.69, 9.17) is 11.6 Å². The van der Waals surface area contributed by atoms with Gasteiger partial charge in [-0.2, -0.15) is 0 Å². The minimum atomic E-state index is -1.00. The monoisotopic (exact) mass is 449 g/mol. The van der Waals surface area contributed by atoms with Gasteiger partial charge < -0.3 is 5.32 Å². The highest BCUT2D eigenvalue weighted by Crippen LogP contribution is 2.23. The van der Waals surface area contributed by atoms with Crippen molar-refractivity contribution < 1.29 is 24.2 Å². The Morgan fingerprint density at radius 1 is 0.935 bits per heavy atom. The molecule has 2 aromatic rings. The van der Waals surface area contributed by atoms with Crippen molar-refractivity contribution in [3.63, 3.8) is 0 Å². The lowest BCUT2D eigenvalue weighted by Crippen LogP contribution is -2.41. The first kappa shape index (κ1) is 23.2. The third-order valence-corrected chi connectivity index (χ3v) is 4.43. The number of hydrogen-bond donors (Lipinski definition) is 3. The Morgan fingerprint density at radius 2 is 1.52 bits per heavy atom. The van der Waals surface area contributed by atoms with Crippen LogP contribution in [-0.2, 0) is 9.59 Å². The minimum absolute atomic E-state index is 0.198. The number of nitrogens with one attached hydrogen (secondary N) is 3. The molecule has 3 N–H and O–H groups in total. The highest BCUT2D eigenvalue weighted by Gasteiger charge is 2.20. The van der Waals surface area contributed by atoms with Crippen molar-refractivity contribution in [3.05, 3.63) is 72.8 Å². The van der Waals surface area contributed by atoms with Crippen molar-refractivity contribution >= 4 is 46.4 Å². The summed E-state index contributed by atoms with van der Waals surface area (Å²) in [6.45, 7) is 1.72. The van der Waals surface area contributed by atoms with Gasteiger partial charge in [0.15, 0.2) is 0 Å². The van der Waals surface area contributed by atoms with Crippen molar-refractivity contribution in [3.8, 4) is 0 Å². The second-order valence-corrected chi connectivity index (χ2v) is 6.62. The maximum atomic E-state index is 12.1. The number of anilines is 1. The van der Waals surface area contributed by atoms with E-state index >= 15 is 0 Å². The lowest BCUT2D eigenvalue weighted by molar-refractivity contribution is -0.394. The molecule has 13 heteroatoms. The largest absolute Gasteiger partial charge is 0.326 e. The normalized spacial score (nSPS) is 10.1. The summed E-state index contributed by atoms with van der Waals surface area (Å²) in [5.74, 6) is -2.17. The predicted molar refractivity (Wildman–Crippen MR) is 109 cm³/mol. The van der Waals surface area contributed by atoms with Crippen LogP contribution in [0.5, 0.6) is 0 Å². The molecular weight excluding hydrogens is 434 g/mol. The van der Waals surface area contributed by atoms with E-state index in [0.29, 0.717) is 22.3 Å². The molecule has 0 fully saturated rings. The van der Waals surface area contributed by atoms with Crippen molar-refractivity contribution in [2.45, 2.75) is 19.8 Å². The van der Waals surface area contributed by atoms with E-state index in [9.17, 15) is 34.6 Å². The van der Waals surface area contributed by atoms with Gasteiger partial charge in [-0.05, 0) is 24.6 Å². The van der Waals surface area contributed by atoms with Gasteiger partial charge in [-0.3, -0.25) is 45.5 Å². The van der Waals surface area contributed by atoms with E-state index < -0.39 is 44.5 Å². The second kappa shape index (κ2) is 10.1. The zero-order chi connectivity index (χ0) is 23.1. The zero-order valence-corrected chi connectivity index (χ0v) is 16.8. The van der Waals surface area contributed by atoms with E-state index in [2.05, 4.69) is 5.32 Å². The molecule has 0 atom stereocenters. The second-order valence-electron chi connectivity index (χ2n) is 6.22. The summed E-state index contributed by atoms with van der Waals surface area (Å²) in [6.07, 6.45) is -0.475. The third kappa shape index (κ3) is 6.47. The lowest BCUT2D eigenvalue weighted by Gasteiger charge is -2.10. The third-order valence-electron chi connectivity index (χ3n) is 4.02. The Balaban J connectivity index is 1.90. The smallest absolute Gasteiger partial charge is 0.277 e. The van der Waals surface area contributed by atoms with Crippen molar-refractivity contribution in [1.82, 2.24) is 10.9 Å². The number of nitro groups is 2. The number of non-ortho nitro benzene ring substituents is 2. The van der Waals surface area contributed by atoms with E-state index in [1.807, 2.05) is 10.9 Å². The molecule has 3 amide bonds. The number of halogens is 1. The molecule has 0 saturated heterocycles. The van der Waals surface area contributed by atoms with Crippen LogP contribution in [-0.4, -0.2) is 27.6 Å². The number of rotatable bonds is 7. The fourth-order valence-corrected chi connectivity index (χ4v) is 2.56. The molecule has 0 aliphatic heterocycles. The molecule has 0 unspecified atom stereocenters. The van der Waals surface area contributed by atoms with Gasteiger partial charge in [0.25, 0.3) is 17.3 Å². The predicted octanol–water partition coefficient (Wildman–Crippen LogP) is 2.64. The molecule has 0 aliphatic rings. The molecule has 162 valence electrons. The lowest BCUT2D eigenvalue weighted by atomic mass is 10.1. The summed E-state index contributed by atoms with van der Waals surface area (Å²) in [4.78, 5) is 55.9. The Kier molecular flexibility index (Phi) is 7.58. The van der Waals surface area contributed by atoms with Gasteiger partial charge in [0.1, 0.15) is 0 Å². The molecule has 0 aromatic heterocycles. The first-order valence-corrected chi connectivity index (χ1v) is 9.04. The molecule has 0 bridgehead atoms. The molecule has 12 nitrogen and oxygen atoms in total. The van der Waals surface area contributed by atoms with Gasteiger partial charge in [0.05, 0.1) is 21.5 Å².